The van der Waals surface area contributed by atoms with Crippen LogP contribution in [0.25, 0.3) is 0 Å². The SMILES string of the molecule is CCC(N)C1CCC2C/C(=C3\C=C(F)C(F)=C(F)C3)CCC2C1. The number of hydrogen-bond donors (Lipinski definition) is 1. The minimum absolute atomic E-state index is 0.0880. The van der Waals surface area contributed by atoms with E-state index in [9.17, 15) is 13.2 Å². The van der Waals surface area contributed by atoms with Crippen molar-refractivity contribution < 1.29 is 13.2 Å². The van der Waals surface area contributed by atoms with Gasteiger partial charge in [-0.15, -0.1) is 0 Å². The molecular formula is C19H26F3N. The first-order valence-electron chi connectivity index (χ1n) is 8.87. The summed E-state index contributed by atoms with van der Waals surface area (Å²) in [5, 5.41) is 0. The predicted octanol–water partition coefficient (Wildman–Crippen LogP) is 5.64. The van der Waals surface area contributed by atoms with Crippen LogP contribution in [0.3, 0.4) is 0 Å². The number of rotatable bonds is 2. The molecule has 3 aliphatic rings. The first-order valence-corrected chi connectivity index (χ1v) is 8.87. The molecule has 2 saturated carbocycles. The fraction of sp³-hybridized carbons (Fsp3) is 0.684. The van der Waals surface area contributed by atoms with E-state index in [4.69, 9.17) is 5.73 Å². The molecule has 0 amide bonds. The first-order chi connectivity index (χ1) is 11.0. The van der Waals surface area contributed by atoms with E-state index in [1.54, 1.807) is 0 Å². The van der Waals surface area contributed by atoms with Gasteiger partial charge in [0.1, 0.15) is 5.83 Å². The molecule has 0 aromatic heterocycles. The molecule has 0 aromatic carbocycles. The van der Waals surface area contributed by atoms with Crippen molar-refractivity contribution in [3.63, 3.8) is 0 Å². The van der Waals surface area contributed by atoms with Gasteiger partial charge in [0.25, 0.3) is 0 Å². The van der Waals surface area contributed by atoms with Crippen molar-refractivity contribution in [2.24, 2.45) is 23.5 Å². The summed E-state index contributed by atoms with van der Waals surface area (Å²) in [6.45, 7) is 2.14. The van der Waals surface area contributed by atoms with E-state index < -0.39 is 17.5 Å². The number of hydrogen-bond acceptors (Lipinski definition) is 1. The predicted molar refractivity (Wildman–Crippen MR) is 86.5 cm³/mol. The van der Waals surface area contributed by atoms with Crippen LogP contribution in [0.2, 0.25) is 0 Å². The molecule has 0 bridgehead atoms. The third kappa shape index (κ3) is 3.42. The van der Waals surface area contributed by atoms with Crippen LogP contribution in [0.15, 0.2) is 34.7 Å². The van der Waals surface area contributed by atoms with Crippen LogP contribution in [-0.2, 0) is 0 Å². The normalized spacial score (nSPS) is 36.6. The van der Waals surface area contributed by atoms with Gasteiger partial charge in [-0.3, -0.25) is 0 Å². The Kier molecular flexibility index (Phi) is 5.00. The van der Waals surface area contributed by atoms with Crippen LogP contribution < -0.4 is 5.73 Å². The zero-order valence-electron chi connectivity index (χ0n) is 13.8. The van der Waals surface area contributed by atoms with Gasteiger partial charge in [0, 0.05) is 12.5 Å². The molecule has 0 radical (unpaired) electrons. The highest BCUT2D eigenvalue weighted by molar-refractivity contribution is 5.42. The van der Waals surface area contributed by atoms with Crippen molar-refractivity contribution in [3.8, 4) is 0 Å². The Morgan fingerprint density at radius 2 is 1.96 bits per heavy atom. The Balaban J connectivity index is 1.70. The highest BCUT2D eigenvalue weighted by atomic mass is 19.2. The molecular weight excluding hydrogens is 299 g/mol. The van der Waals surface area contributed by atoms with Crippen LogP contribution >= 0.6 is 0 Å². The largest absolute Gasteiger partial charge is 0.327 e. The molecule has 4 unspecified atom stereocenters. The van der Waals surface area contributed by atoms with Gasteiger partial charge in [-0.1, -0.05) is 12.5 Å². The Morgan fingerprint density at radius 1 is 1.17 bits per heavy atom. The standard InChI is InChI=1S/C19H26F3N/c1-2-18(23)14-6-5-11-7-13(4-3-12(11)8-14)15-9-16(20)19(22)17(21)10-15/h9,11-12,14,18H,2-8,10,23H2,1H3/b15-13+. The summed E-state index contributed by atoms with van der Waals surface area (Å²) in [6, 6.07) is 0.299. The quantitative estimate of drug-likeness (QED) is 0.698. The van der Waals surface area contributed by atoms with Crippen molar-refractivity contribution in [1.29, 1.82) is 0 Å². The lowest BCUT2D eigenvalue weighted by Gasteiger charge is -2.42. The van der Waals surface area contributed by atoms with Gasteiger partial charge < -0.3 is 5.73 Å². The van der Waals surface area contributed by atoms with Crippen molar-refractivity contribution in [2.45, 2.75) is 64.3 Å². The summed E-state index contributed by atoms with van der Waals surface area (Å²) in [5.41, 5.74) is 8.00. The van der Waals surface area contributed by atoms with Crippen LogP contribution in [0.5, 0.6) is 0 Å². The van der Waals surface area contributed by atoms with Crippen LogP contribution in [-0.4, -0.2) is 6.04 Å². The molecule has 0 aliphatic heterocycles. The van der Waals surface area contributed by atoms with Crippen molar-refractivity contribution >= 4 is 0 Å². The molecule has 23 heavy (non-hydrogen) atoms. The van der Waals surface area contributed by atoms with Gasteiger partial charge in [-0.2, -0.15) is 0 Å². The third-order valence-electron chi connectivity index (χ3n) is 6.13. The zero-order valence-corrected chi connectivity index (χ0v) is 13.8. The molecule has 2 fully saturated rings. The number of halogens is 3. The molecule has 0 aromatic rings. The molecule has 128 valence electrons. The second-order valence-corrected chi connectivity index (χ2v) is 7.42. The van der Waals surface area contributed by atoms with E-state index in [0.717, 1.165) is 44.1 Å². The highest BCUT2D eigenvalue weighted by Crippen LogP contribution is 2.47. The Bertz CT molecular complexity index is 561. The molecule has 2 N–H and O–H groups in total. The maximum Gasteiger partial charge on any atom is 0.190 e. The smallest absolute Gasteiger partial charge is 0.190 e. The summed E-state index contributed by atoms with van der Waals surface area (Å²) in [7, 11) is 0. The van der Waals surface area contributed by atoms with Crippen LogP contribution in [0.4, 0.5) is 13.2 Å². The van der Waals surface area contributed by atoms with Gasteiger partial charge in [0.2, 0.25) is 0 Å². The maximum atomic E-state index is 13.5. The molecule has 4 heteroatoms. The minimum Gasteiger partial charge on any atom is -0.327 e. The van der Waals surface area contributed by atoms with E-state index in [1.165, 1.54) is 12.5 Å². The van der Waals surface area contributed by atoms with Crippen LogP contribution in [0, 0.1) is 17.8 Å². The average Bonchev–Trinajstić information content (AvgIpc) is 2.57. The lowest BCUT2D eigenvalue weighted by Crippen LogP contribution is -2.37. The Morgan fingerprint density at radius 3 is 2.65 bits per heavy atom. The van der Waals surface area contributed by atoms with E-state index in [0.29, 0.717) is 29.4 Å². The van der Waals surface area contributed by atoms with E-state index in [1.807, 2.05) is 0 Å². The van der Waals surface area contributed by atoms with Gasteiger partial charge >= 0.3 is 0 Å². The molecule has 0 spiro atoms. The van der Waals surface area contributed by atoms with Crippen molar-refractivity contribution in [1.82, 2.24) is 0 Å². The number of fused-ring (bicyclic) bond motifs is 1. The summed E-state index contributed by atoms with van der Waals surface area (Å²) in [6.07, 6.45) is 8.50. The van der Waals surface area contributed by atoms with Gasteiger partial charge in [0.05, 0.1) is 0 Å². The monoisotopic (exact) mass is 325 g/mol. The third-order valence-corrected chi connectivity index (χ3v) is 6.13. The fourth-order valence-electron chi connectivity index (χ4n) is 4.65. The van der Waals surface area contributed by atoms with Crippen molar-refractivity contribution in [3.05, 3.63) is 34.7 Å². The maximum absolute atomic E-state index is 13.5. The second kappa shape index (κ2) is 6.84. The highest BCUT2D eigenvalue weighted by Gasteiger charge is 2.36. The van der Waals surface area contributed by atoms with E-state index in [-0.39, 0.29) is 6.42 Å². The van der Waals surface area contributed by atoms with E-state index in [2.05, 4.69) is 6.92 Å². The molecule has 3 rings (SSSR count). The number of allylic oxidation sites excluding steroid dienone is 6. The molecule has 3 aliphatic carbocycles. The summed E-state index contributed by atoms with van der Waals surface area (Å²) in [4.78, 5) is 0. The van der Waals surface area contributed by atoms with Gasteiger partial charge in [-0.05, 0) is 74.3 Å². The molecule has 0 heterocycles. The van der Waals surface area contributed by atoms with Crippen molar-refractivity contribution in [2.75, 3.05) is 0 Å². The molecule has 4 atom stereocenters. The molecule has 0 saturated heterocycles. The zero-order chi connectivity index (χ0) is 16.6. The average molecular weight is 325 g/mol. The summed E-state index contributed by atoms with van der Waals surface area (Å²) < 4.78 is 40.2. The number of nitrogens with two attached hydrogens (primary N) is 1. The van der Waals surface area contributed by atoms with Gasteiger partial charge in [-0.25, -0.2) is 13.2 Å². The minimum atomic E-state index is -1.32. The topological polar surface area (TPSA) is 26.0 Å². The molecule has 1 nitrogen and oxygen atoms in total. The lowest BCUT2D eigenvalue weighted by atomic mass is 9.64. The fourth-order valence-corrected chi connectivity index (χ4v) is 4.65. The second-order valence-electron chi connectivity index (χ2n) is 7.42. The Labute approximate surface area is 136 Å². The van der Waals surface area contributed by atoms with Gasteiger partial charge in [0.15, 0.2) is 11.7 Å². The summed E-state index contributed by atoms with van der Waals surface area (Å²) >= 11 is 0. The summed E-state index contributed by atoms with van der Waals surface area (Å²) in [5.74, 6) is -1.44. The van der Waals surface area contributed by atoms with E-state index >= 15 is 0 Å². The Hall–Kier alpha value is -1.03. The van der Waals surface area contributed by atoms with Crippen LogP contribution in [0.1, 0.15) is 58.3 Å². The lowest BCUT2D eigenvalue weighted by molar-refractivity contribution is 0.134. The first kappa shape index (κ1) is 16.8.